The van der Waals surface area contributed by atoms with E-state index in [0.717, 1.165) is 24.3 Å². The number of nitriles is 4. The monoisotopic (exact) mass is 648 g/mol. The van der Waals surface area contributed by atoms with Crippen LogP contribution in [-0.2, 0) is 0 Å². The van der Waals surface area contributed by atoms with Gasteiger partial charge in [-0.2, -0.15) is 21.0 Å². The summed E-state index contributed by atoms with van der Waals surface area (Å²) in [6, 6.07) is 28.0. The number of nitrogens with zero attached hydrogens (tertiary/aromatic N) is 4. The van der Waals surface area contributed by atoms with Crippen LogP contribution >= 0.6 is 0 Å². The quantitative estimate of drug-likeness (QED) is 0.161. The van der Waals surface area contributed by atoms with Crippen LogP contribution < -0.4 is 9.47 Å². The molecule has 0 spiro atoms. The maximum absolute atomic E-state index is 12.7. The molecule has 0 N–H and O–H groups in total. The maximum Gasteiger partial charge on any atom is 0.573 e. The number of alkyl halides is 6. The molecule has 48 heavy (non-hydrogen) atoms. The number of hydrogen-bond acceptors (Lipinski definition) is 6. The smallest absolute Gasteiger partial charge is 0.406 e. The Balaban J connectivity index is 1.55. The third-order valence-electron chi connectivity index (χ3n) is 7.66. The van der Waals surface area contributed by atoms with Crippen LogP contribution in [0.5, 0.6) is 11.5 Å². The standard InChI is InChI=1S/C36H14F6N4O2/c37-35(38,39)47-25-7-1-19(2-8-25)21-5-11-27-29(13-21)33-32(24(17-45)18-46)28-12-6-22(14-30(28)34(33)31(27)23(15-43)16-44)20-3-9-26(10-4-20)48-36(40,41)42/h1-14H. The Hall–Kier alpha value is -6.76. The van der Waals surface area contributed by atoms with Gasteiger partial charge in [-0.05, 0) is 80.9 Å². The fraction of sp³-hybridized carbons (Fsp3) is 0.0556. The molecule has 12 heteroatoms. The molecule has 0 amide bonds. The maximum atomic E-state index is 12.7. The van der Waals surface area contributed by atoms with E-state index in [2.05, 4.69) is 9.47 Å². The average Bonchev–Trinajstić information content (AvgIpc) is 3.54. The summed E-state index contributed by atoms with van der Waals surface area (Å²) < 4.78 is 84.1. The molecule has 232 valence electrons. The minimum atomic E-state index is -4.87. The highest BCUT2D eigenvalue weighted by atomic mass is 19.4. The minimum absolute atomic E-state index is 0.246. The Morgan fingerprint density at radius 2 is 0.750 bits per heavy atom. The first kappa shape index (κ1) is 31.2. The summed E-state index contributed by atoms with van der Waals surface area (Å²) in [6.07, 6.45) is -9.74. The average molecular weight is 649 g/mol. The first-order chi connectivity index (χ1) is 22.9. The zero-order valence-electron chi connectivity index (χ0n) is 24.0. The van der Waals surface area contributed by atoms with E-state index < -0.39 is 24.2 Å². The molecule has 4 aromatic carbocycles. The molecule has 4 aromatic rings. The van der Waals surface area contributed by atoms with Crippen molar-refractivity contribution in [1.82, 2.24) is 0 Å². The van der Waals surface area contributed by atoms with Crippen LogP contribution in [0, 0.1) is 45.3 Å². The number of hydrogen-bond donors (Lipinski definition) is 0. The van der Waals surface area contributed by atoms with Gasteiger partial charge in [0.25, 0.3) is 0 Å². The van der Waals surface area contributed by atoms with Crippen molar-refractivity contribution in [3.8, 4) is 58.0 Å². The highest BCUT2D eigenvalue weighted by molar-refractivity contribution is 6.38. The lowest BCUT2D eigenvalue weighted by atomic mass is 9.87. The Morgan fingerprint density at radius 3 is 1.04 bits per heavy atom. The molecule has 0 unspecified atom stereocenters. The zero-order chi connectivity index (χ0) is 34.4. The van der Waals surface area contributed by atoms with Crippen molar-refractivity contribution in [3.05, 3.63) is 118 Å². The summed E-state index contributed by atoms with van der Waals surface area (Å²) >= 11 is 0. The van der Waals surface area contributed by atoms with Crippen molar-refractivity contribution in [2.75, 3.05) is 0 Å². The summed E-state index contributed by atoms with van der Waals surface area (Å²) in [5.74, 6) is -0.837. The van der Waals surface area contributed by atoms with Crippen molar-refractivity contribution in [1.29, 1.82) is 21.0 Å². The molecule has 0 heterocycles. The lowest BCUT2D eigenvalue weighted by molar-refractivity contribution is -0.275. The van der Waals surface area contributed by atoms with Gasteiger partial charge in [-0.3, -0.25) is 0 Å². The van der Waals surface area contributed by atoms with E-state index in [1.165, 1.54) is 24.3 Å². The number of rotatable bonds is 4. The van der Waals surface area contributed by atoms with Crippen LogP contribution in [0.1, 0.15) is 22.3 Å². The number of benzene rings is 4. The van der Waals surface area contributed by atoms with Gasteiger partial charge in [0.15, 0.2) is 0 Å². The number of halogens is 6. The highest BCUT2D eigenvalue weighted by Crippen LogP contribution is 2.59. The van der Waals surface area contributed by atoms with Crippen LogP contribution in [0.2, 0.25) is 0 Å². The Morgan fingerprint density at radius 1 is 0.438 bits per heavy atom. The largest absolute Gasteiger partial charge is 0.573 e. The molecule has 6 nitrogen and oxygen atoms in total. The van der Waals surface area contributed by atoms with Crippen LogP contribution in [0.4, 0.5) is 26.3 Å². The summed E-state index contributed by atoms with van der Waals surface area (Å²) in [6.45, 7) is 0. The lowest BCUT2D eigenvalue weighted by Crippen LogP contribution is -2.16. The van der Waals surface area contributed by atoms with Crippen LogP contribution in [-0.4, -0.2) is 12.7 Å². The summed E-state index contributed by atoms with van der Waals surface area (Å²) in [7, 11) is 0. The van der Waals surface area contributed by atoms with Crippen molar-refractivity contribution in [3.63, 3.8) is 0 Å². The van der Waals surface area contributed by atoms with Crippen molar-refractivity contribution < 1.29 is 35.8 Å². The molecule has 0 saturated heterocycles. The third-order valence-corrected chi connectivity index (χ3v) is 7.66. The van der Waals surface area contributed by atoms with Crippen molar-refractivity contribution >= 4 is 22.3 Å². The Bertz CT molecular complexity index is 2090. The van der Waals surface area contributed by atoms with Gasteiger partial charge in [-0.1, -0.05) is 48.5 Å². The first-order valence-corrected chi connectivity index (χ1v) is 13.7. The summed E-state index contributed by atoms with van der Waals surface area (Å²) in [5.41, 5.74) is 4.78. The third kappa shape index (κ3) is 5.60. The highest BCUT2D eigenvalue weighted by Gasteiger charge is 2.40. The van der Waals surface area contributed by atoms with E-state index in [4.69, 9.17) is 0 Å². The van der Waals surface area contributed by atoms with Gasteiger partial charge in [0.2, 0.25) is 0 Å². The van der Waals surface area contributed by atoms with Gasteiger partial charge in [-0.25, -0.2) is 0 Å². The molecule has 0 aliphatic heterocycles. The molecular formula is C36H14F6N4O2. The first-order valence-electron chi connectivity index (χ1n) is 13.7. The fourth-order valence-corrected chi connectivity index (χ4v) is 5.85. The molecular weight excluding hydrogens is 634 g/mol. The molecule has 0 aromatic heterocycles. The van der Waals surface area contributed by atoms with E-state index in [9.17, 15) is 47.4 Å². The number of ether oxygens (including phenoxy) is 2. The molecule has 0 atom stereocenters. The second kappa shape index (κ2) is 11.6. The molecule has 0 bridgehead atoms. The molecule has 2 aliphatic rings. The number of allylic oxidation sites excluding steroid dienone is 6. The molecule has 2 aliphatic carbocycles. The fourth-order valence-electron chi connectivity index (χ4n) is 5.85. The van der Waals surface area contributed by atoms with Crippen molar-refractivity contribution in [2.45, 2.75) is 12.7 Å². The normalized spacial score (nSPS) is 13.0. The van der Waals surface area contributed by atoms with Crippen LogP contribution in [0.25, 0.3) is 44.5 Å². The molecule has 0 saturated carbocycles. The second-order valence-electron chi connectivity index (χ2n) is 10.4. The predicted octanol–water partition coefficient (Wildman–Crippen LogP) is 9.36. The van der Waals surface area contributed by atoms with Gasteiger partial charge >= 0.3 is 12.7 Å². The van der Waals surface area contributed by atoms with E-state index >= 15 is 0 Å². The van der Waals surface area contributed by atoms with Crippen LogP contribution in [0.3, 0.4) is 0 Å². The SMILES string of the molecule is N#CC(C#N)=C1C2=C(C(=C(C#N)C#N)c3ccc(-c4ccc(OC(F)(F)F)cc4)cc32)c2cc(-c3ccc(OC(F)(F)F)cc3)ccc21. The molecule has 0 radical (unpaired) electrons. The van der Waals surface area contributed by atoms with Gasteiger partial charge in [0, 0.05) is 22.3 Å². The zero-order valence-corrected chi connectivity index (χ0v) is 24.0. The molecule has 0 fully saturated rings. The minimum Gasteiger partial charge on any atom is -0.406 e. The van der Waals surface area contributed by atoms with Gasteiger partial charge < -0.3 is 9.47 Å². The Labute approximate surface area is 268 Å². The van der Waals surface area contributed by atoms with Gasteiger partial charge in [0.05, 0.1) is 0 Å². The Kier molecular flexibility index (Phi) is 7.52. The van der Waals surface area contributed by atoms with Gasteiger partial charge in [0.1, 0.15) is 46.9 Å². The van der Waals surface area contributed by atoms with Crippen molar-refractivity contribution in [2.24, 2.45) is 0 Å². The predicted molar refractivity (Wildman–Crippen MR) is 160 cm³/mol. The summed E-state index contributed by atoms with van der Waals surface area (Å²) in [5, 5.41) is 39.9. The number of fused-ring (bicyclic) bond motifs is 4. The second-order valence-corrected chi connectivity index (χ2v) is 10.4. The van der Waals surface area contributed by atoms with Crippen LogP contribution in [0.15, 0.2) is 96.1 Å². The van der Waals surface area contributed by atoms with E-state index in [-0.39, 0.29) is 22.3 Å². The lowest BCUT2D eigenvalue weighted by Gasteiger charge is -2.15. The summed E-state index contributed by atoms with van der Waals surface area (Å²) in [4.78, 5) is 0. The van der Waals surface area contributed by atoms with Gasteiger partial charge in [-0.15, -0.1) is 26.3 Å². The molecule has 6 rings (SSSR count). The van der Waals surface area contributed by atoms with E-state index in [1.54, 1.807) is 36.4 Å². The van der Waals surface area contributed by atoms with E-state index in [0.29, 0.717) is 55.7 Å². The topological polar surface area (TPSA) is 114 Å². The van der Waals surface area contributed by atoms with E-state index in [1.807, 2.05) is 24.3 Å².